The summed E-state index contributed by atoms with van der Waals surface area (Å²) < 4.78 is 0. The first kappa shape index (κ1) is 23.5. The van der Waals surface area contributed by atoms with Crippen molar-refractivity contribution >= 4 is 11.6 Å². The van der Waals surface area contributed by atoms with Crippen LogP contribution in [0.25, 0.3) is 33.6 Å². The maximum Gasteiger partial charge on any atom is 0.238 e. The minimum atomic E-state index is -0.196. The molecule has 2 aliphatic rings. The van der Waals surface area contributed by atoms with Crippen molar-refractivity contribution in [1.82, 2.24) is 15.5 Å². The van der Waals surface area contributed by atoms with Gasteiger partial charge in [0.25, 0.3) is 0 Å². The van der Waals surface area contributed by atoms with E-state index in [4.69, 9.17) is 0 Å². The smallest absolute Gasteiger partial charge is 0.238 e. The fraction of sp³-hybridized carbons (Fsp3) is 0.267. The van der Waals surface area contributed by atoms with Crippen LogP contribution in [0.2, 0.25) is 0 Å². The summed E-state index contributed by atoms with van der Waals surface area (Å²) in [5, 5.41) is 33.4. The largest absolute Gasteiger partial charge is 0.508 e. The van der Waals surface area contributed by atoms with Gasteiger partial charge in [0.1, 0.15) is 5.75 Å². The molecule has 6 rings (SSSR count). The standard InChI is InChI=1S/C30H30N4O3/c35-24-10-5-19(6-11-24)18-1-3-20(4-2-18)29-27-16-21-15-23(9-14-26(21)30(27)34-33-29)32-28(37)17-31-22-7-12-25(36)13-8-22/h1-6,9-11,14-15,22,25,31,35-36H,7-8,12-13,16-17H2,(H,32,37)(H,33,34). The average Bonchev–Trinajstić information content (AvgIpc) is 3.48. The topological polar surface area (TPSA) is 110 Å². The summed E-state index contributed by atoms with van der Waals surface area (Å²) in [5.74, 6) is 0.200. The molecule has 1 amide bonds. The molecule has 4 aromatic rings. The number of aliphatic hydroxyl groups excluding tert-OH is 1. The van der Waals surface area contributed by atoms with Crippen LogP contribution in [0.15, 0.2) is 66.7 Å². The highest BCUT2D eigenvalue weighted by atomic mass is 16.3. The van der Waals surface area contributed by atoms with E-state index in [-0.39, 0.29) is 24.3 Å². The van der Waals surface area contributed by atoms with Gasteiger partial charge in [-0.15, -0.1) is 0 Å². The number of rotatable bonds is 6. The lowest BCUT2D eigenvalue weighted by Crippen LogP contribution is -2.39. The minimum Gasteiger partial charge on any atom is -0.508 e. The molecule has 37 heavy (non-hydrogen) atoms. The number of hydrogen-bond donors (Lipinski definition) is 5. The van der Waals surface area contributed by atoms with Crippen LogP contribution in [-0.2, 0) is 11.2 Å². The van der Waals surface area contributed by atoms with E-state index in [0.29, 0.717) is 6.04 Å². The zero-order valence-corrected chi connectivity index (χ0v) is 20.5. The molecular weight excluding hydrogens is 464 g/mol. The van der Waals surface area contributed by atoms with Gasteiger partial charge in [0.05, 0.1) is 24.0 Å². The summed E-state index contributed by atoms with van der Waals surface area (Å²) in [7, 11) is 0. The maximum absolute atomic E-state index is 12.5. The van der Waals surface area contributed by atoms with Gasteiger partial charge in [-0.3, -0.25) is 9.89 Å². The SMILES string of the molecule is O=C(CNC1CCC(O)CC1)Nc1ccc2c(c1)Cc1c(-c3ccc(-c4ccc(O)cc4)cc3)n[nH]c1-2. The normalized spacial score (nSPS) is 18.3. The third kappa shape index (κ3) is 4.88. The van der Waals surface area contributed by atoms with Gasteiger partial charge in [-0.25, -0.2) is 0 Å². The Morgan fingerprint density at radius 3 is 2.32 bits per heavy atom. The molecule has 1 fully saturated rings. The molecule has 1 aromatic heterocycles. The molecular formula is C30H30N4O3. The van der Waals surface area contributed by atoms with E-state index in [1.165, 1.54) is 0 Å². The molecule has 0 spiro atoms. The number of aromatic nitrogens is 2. The average molecular weight is 495 g/mol. The van der Waals surface area contributed by atoms with E-state index in [2.05, 4.69) is 51.2 Å². The lowest BCUT2D eigenvalue weighted by Gasteiger charge is -2.26. The zero-order chi connectivity index (χ0) is 25.4. The Labute approximate surface area is 215 Å². The summed E-state index contributed by atoms with van der Waals surface area (Å²) in [6.07, 6.45) is 3.95. The summed E-state index contributed by atoms with van der Waals surface area (Å²) in [6, 6.07) is 21.8. The first-order valence-corrected chi connectivity index (χ1v) is 12.8. The first-order valence-electron chi connectivity index (χ1n) is 12.8. The number of nitrogens with one attached hydrogen (secondary N) is 3. The molecule has 0 atom stereocenters. The highest BCUT2D eigenvalue weighted by Crippen LogP contribution is 2.41. The van der Waals surface area contributed by atoms with Crippen molar-refractivity contribution in [1.29, 1.82) is 0 Å². The number of aromatic amines is 1. The Balaban J connectivity index is 1.12. The van der Waals surface area contributed by atoms with Crippen LogP contribution in [-0.4, -0.2) is 45.0 Å². The van der Waals surface area contributed by atoms with E-state index < -0.39 is 0 Å². The third-order valence-corrected chi connectivity index (χ3v) is 7.50. The van der Waals surface area contributed by atoms with Crippen molar-refractivity contribution in [3.05, 3.63) is 77.9 Å². The van der Waals surface area contributed by atoms with E-state index in [9.17, 15) is 15.0 Å². The van der Waals surface area contributed by atoms with Crippen molar-refractivity contribution in [2.45, 2.75) is 44.2 Å². The molecule has 0 unspecified atom stereocenters. The van der Waals surface area contributed by atoms with Crippen LogP contribution in [0.1, 0.15) is 36.8 Å². The Bertz CT molecular complexity index is 1420. The fourth-order valence-electron chi connectivity index (χ4n) is 5.45. The van der Waals surface area contributed by atoms with E-state index in [1.54, 1.807) is 12.1 Å². The van der Waals surface area contributed by atoms with Gasteiger partial charge in [0.2, 0.25) is 5.91 Å². The van der Waals surface area contributed by atoms with Crippen molar-refractivity contribution in [2.75, 3.05) is 11.9 Å². The molecule has 7 heteroatoms. The molecule has 0 bridgehead atoms. The lowest BCUT2D eigenvalue weighted by atomic mass is 9.93. The van der Waals surface area contributed by atoms with Crippen molar-refractivity contribution < 1.29 is 15.0 Å². The van der Waals surface area contributed by atoms with E-state index in [0.717, 1.165) is 82.6 Å². The Morgan fingerprint density at radius 1 is 0.919 bits per heavy atom. The van der Waals surface area contributed by atoms with Crippen LogP contribution in [0, 0.1) is 0 Å². The molecule has 0 saturated heterocycles. The number of H-pyrrole nitrogens is 1. The second kappa shape index (κ2) is 9.84. The first-order chi connectivity index (χ1) is 18.0. The number of hydrogen-bond acceptors (Lipinski definition) is 5. The molecule has 1 heterocycles. The number of carbonyl (C=O) groups is 1. The number of benzene rings is 3. The number of nitrogens with zero attached hydrogens (tertiary/aromatic N) is 1. The van der Waals surface area contributed by atoms with E-state index >= 15 is 0 Å². The number of aliphatic hydroxyl groups is 1. The highest BCUT2D eigenvalue weighted by molar-refractivity contribution is 5.93. The molecule has 0 radical (unpaired) electrons. The fourth-order valence-corrected chi connectivity index (χ4v) is 5.45. The van der Waals surface area contributed by atoms with E-state index in [1.807, 2.05) is 24.3 Å². The molecule has 0 aliphatic heterocycles. The monoisotopic (exact) mass is 494 g/mol. The van der Waals surface area contributed by atoms with Gasteiger partial charge in [0.15, 0.2) is 0 Å². The predicted molar refractivity (Wildman–Crippen MR) is 144 cm³/mol. The zero-order valence-electron chi connectivity index (χ0n) is 20.5. The Morgan fingerprint density at radius 2 is 1.59 bits per heavy atom. The molecule has 1 saturated carbocycles. The quantitative estimate of drug-likeness (QED) is 0.232. The number of aromatic hydroxyl groups is 1. The number of carbonyl (C=O) groups excluding carboxylic acids is 1. The van der Waals surface area contributed by atoms with Crippen molar-refractivity contribution in [3.8, 4) is 39.4 Å². The summed E-state index contributed by atoms with van der Waals surface area (Å²) in [5.41, 5.74) is 9.38. The molecule has 3 aromatic carbocycles. The Kier molecular flexibility index (Phi) is 6.24. The van der Waals surface area contributed by atoms with Crippen molar-refractivity contribution in [3.63, 3.8) is 0 Å². The van der Waals surface area contributed by atoms with Gasteiger partial charge < -0.3 is 20.8 Å². The summed E-state index contributed by atoms with van der Waals surface area (Å²) in [4.78, 5) is 12.5. The van der Waals surface area contributed by atoms with Gasteiger partial charge in [-0.1, -0.05) is 42.5 Å². The molecule has 7 nitrogen and oxygen atoms in total. The predicted octanol–water partition coefficient (Wildman–Crippen LogP) is 4.85. The van der Waals surface area contributed by atoms with Crippen LogP contribution in [0.5, 0.6) is 5.75 Å². The number of phenolic OH excluding ortho intramolecular Hbond substituents is 1. The highest BCUT2D eigenvalue weighted by Gasteiger charge is 2.26. The number of amides is 1. The lowest BCUT2D eigenvalue weighted by molar-refractivity contribution is -0.115. The van der Waals surface area contributed by atoms with Crippen LogP contribution in [0.4, 0.5) is 5.69 Å². The Hall–Kier alpha value is -3.94. The second-order valence-corrected chi connectivity index (χ2v) is 10.0. The van der Waals surface area contributed by atoms with Gasteiger partial charge in [-0.2, -0.15) is 5.10 Å². The van der Waals surface area contributed by atoms with Gasteiger partial charge >= 0.3 is 0 Å². The number of phenols is 1. The van der Waals surface area contributed by atoms with Gasteiger partial charge in [-0.05, 0) is 66.6 Å². The van der Waals surface area contributed by atoms with Gasteiger partial charge in [0, 0.05) is 34.8 Å². The summed E-state index contributed by atoms with van der Waals surface area (Å²) >= 11 is 0. The van der Waals surface area contributed by atoms with Crippen LogP contribution < -0.4 is 10.6 Å². The molecule has 2 aliphatic carbocycles. The molecule has 188 valence electrons. The number of anilines is 1. The maximum atomic E-state index is 12.5. The molecule has 5 N–H and O–H groups in total. The summed E-state index contributed by atoms with van der Waals surface area (Å²) in [6.45, 7) is 0.269. The third-order valence-electron chi connectivity index (χ3n) is 7.50. The van der Waals surface area contributed by atoms with Crippen molar-refractivity contribution in [2.24, 2.45) is 0 Å². The second-order valence-electron chi connectivity index (χ2n) is 10.0. The number of fused-ring (bicyclic) bond motifs is 3. The minimum absolute atomic E-state index is 0.0568. The van der Waals surface area contributed by atoms with Crippen LogP contribution in [0.3, 0.4) is 0 Å². The van der Waals surface area contributed by atoms with Crippen LogP contribution >= 0.6 is 0 Å².